The zero-order chi connectivity index (χ0) is 14.5. The highest BCUT2D eigenvalue weighted by atomic mass is 32.2. The topological polar surface area (TPSA) is 62.2 Å². The van der Waals surface area contributed by atoms with Gasteiger partial charge in [0.25, 0.3) is 5.91 Å². The Morgan fingerprint density at radius 2 is 2.40 bits per heavy atom. The maximum atomic E-state index is 12.1. The molecule has 0 aliphatic rings. The van der Waals surface area contributed by atoms with Crippen LogP contribution in [0.2, 0.25) is 0 Å². The maximum Gasteiger partial charge on any atom is 0.263 e. The summed E-state index contributed by atoms with van der Waals surface area (Å²) in [5.41, 5.74) is 1.05. The number of nitrogens with zero attached hydrogens (tertiary/aromatic N) is 1. The van der Waals surface area contributed by atoms with Crippen molar-refractivity contribution >= 4 is 40.3 Å². The number of amides is 1. The number of carbonyl (C=O) groups is 1. The third-order valence-corrected chi connectivity index (χ3v) is 5.79. The van der Waals surface area contributed by atoms with Crippen molar-refractivity contribution in [3.05, 3.63) is 27.9 Å². The highest BCUT2D eigenvalue weighted by Crippen LogP contribution is 2.27. The van der Waals surface area contributed by atoms with Gasteiger partial charge < -0.3 is 10.4 Å². The van der Waals surface area contributed by atoms with Gasteiger partial charge in [-0.3, -0.25) is 4.79 Å². The quantitative estimate of drug-likeness (QED) is 0.856. The second kappa shape index (κ2) is 7.21. The molecule has 2 N–H and O–H groups in total. The Morgan fingerprint density at radius 3 is 3.00 bits per heavy atom. The van der Waals surface area contributed by atoms with Gasteiger partial charge in [0.1, 0.15) is 9.88 Å². The number of thioether (sulfide) groups is 1. The highest BCUT2D eigenvalue weighted by Gasteiger charge is 2.19. The number of hydrogen-bond acceptors (Lipinski definition) is 6. The molecule has 0 aliphatic heterocycles. The summed E-state index contributed by atoms with van der Waals surface area (Å²) in [6, 6.07) is 1.90. The lowest BCUT2D eigenvalue weighted by molar-refractivity contribution is 0.0940. The molecule has 0 spiro atoms. The fraction of sp³-hybridized carbons (Fsp3) is 0.385. The molecule has 2 unspecified atom stereocenters. The Labute approximate surface area is 130 Å². The van der Waals surface area contributed by atoms with Gasteiger partial charge in [0.15, 0.2) is 0 Å². The van der Waals surface area contributed by atoms with Crippen molar-refractivity contribution in [3.63, 3.8) is 0 Å². The fourth-order valence-electron chi connectivity index (χ4n) is 1.71. The normalized spacial score (nSPS) is 13.9. The Bertz CT molecular complexity index is 550. The molecular weight excluding hydrogens is 312 g/mol. The lowest BCUT2D eigenvalue weighted by atomic mass is 10.2. The number of thiazole rings is 1. The zero-order valence-electron chi connectivity index (χ0n) is 11.2. The van der Waals surface area contributed by atoms with Crippen LogP contribution in [-0.2, 0) is 0 Å². The number of hydrogen-bond donors (Lipinski definition) is 2. The lowest BCUT2D eigenvalue weighted by Gasteiger charge is -2.20. The van der Waals surface area contributed by atoms with Crippen LogP contribution in [0.4, 0.5) is 0 Å². The van der Waals surface area contributed by atoms with E-state index in [9.17, 15) is 9.90 Å². The standard InChI is InChI=1S/C13H16N2O2S3/c1-8(11(6-16)18-2)15-12(17)10-5-14-13(20-10)9-3-4-19-7-9/h3-5,7-8,11,16H,6H2,1-2H3,(H,15,17). The molecule has 2 heterocycles. The summed E-state index contributed by atoms with van der Waals surface area (Å²) in [4.78, 5) is 17.0. The molecule has 2 aromatic heterocycles. The summed E-state index contributed by atoms with van der Waals surface area (Å²) in [5, 5.41) is 17.0. The summed E-state index contributed by atoms with van der Waals surface area (Å²) in [6.07, 6.45) is 3.53. The molecular formula is C13H16N2O2S3. The molecule has 0 aromatic carbocycles. The lowest BCUT2D eigenvalue weighted by Crippen LogP contribution is -2.40. The van der Waals surface area contributed by atoms with Crippen LogP contribution in [0.5, 0.6) is 0 Å². The van der Waals surface area contributed by atoms with Crippen molar-refractivity contribution in [3.8, 4) is 10.6 Å². The van der Waals surface area contributed by atoms with Gasteiger partial charge in [0.2, 0.25) is 0 Å². The van der Waals surface area contributed by atoms with E-state index in [-0.39, 0.29) is 23.8 Å². The van der Waals surface area contributed by atoms with Crippen LogP contribution in [0.3, 0.4) is 0 Å². The third kappa shape index (κ3) is 3.60. The van der Waals surface area contributed by atoms with Crippen LogP contribution in [0.25, 0.3) is 10.6 Å². The number of aliphatic hydroxyl groups is 1. The summed E-state index contributed by atoms with van der Waals surface area (Å²) in [7, 11) is 0. The van der Waals surface area contributed by atoms with E-state index >= 15 is 0 Å². The first-order chi connectivity index (χ1) is 9.65. The first kappa shape index (κ1) is 15.5. The van der Waals surface area contributed by atoms with Crippen LogP contribution in [0, 0.1) is 0 Å². The predicted octanol–water partition coefficient (Wildman–Crippen LogP) is 2.71. The van der Waals surface area contributed by atoms with Gasteiger partial charge in [-0.1, -0.05) is 0 Å². The van der Waals surface area contributed by atoms with Gasteiger partial charge in [-0.05, 0) is 24.6 Å². The van der Waals surface area contributed by atoms with E-state index in [4.69, 9.17) is 0 Å². The van der Waals surface area contributed by atoms with Gasteiger partial charge in [0.05, 0.1) is 12.8 Å². The van der Waals surface area contributed by atoms with Crippen LogP contribution < -0.4 is 5.32 Å². The van der Waals surface area contributed by atoms with Gasteiger partial charge in [-0.25, -0.2) is 4.98 Å². The molecule has 0 saturated heterocycles. The third-order valence-electron chi connectivity index (χ3n) is 2.90. The molecule has 20 heavy (non-hydrogen) atoms. The molecule has 0 bridgehead atoms. The fourth-order valence-corrected chi connectivity index (χ4v) is 3.86. The Morgan fingerprint density at radius 1 is 1.60 bits per heavy atom. The second-order valence-electron chi connectivity index (χ2n) is 4.26. The van der Waals surface area contributed by atoms with E-state index in [0.29, 0.717) is 4.88 Å². The van der Waals surface area contributed by atoms with Crippen molar-refractivity contribution in [2.24, 2.45) is 0 Å². The monoisotopic (exact) mass is 328 g/mol. The molecule has 2 rings (SSSR count). The Balaban J connectivity index is 2.03. The van der Waals surface area contributed by atoms with Crippen molar-refractivity contribution in [2.75, 3.05) is 12.9 Å². The zero-order valence-corrected chi connectivity index (χ0v) is 13.6. The smallest absolute Gasteiger partial charge is 0.263 e. The summed E-state index contributed by atoms with van der Waals surface area (Å²) in [6.45, 7) is 1.95. The SMILES string of the molecule is CSC(CO)C(C)NC(=O)c1cnc(-c2ccsc2)s1. The molecule has 0 aliphatic carbocycles. The minimum absolute atomic E-state index is 0.00298. The average Bonchev–Trinajstić information content (AvgIpc) is 3.11. The number of rotatable bonds is 6. The highest BCUT2D eigenvalue weighted by molar-refractivity contribution is 7.99. The molecule has 108 valence electrons. The van der Waals surface area contributed by atoms with E-state index < -0.39 is 0 Å². The molecule has 2 atom stereocenters. The number of aromatic nitrogens is 1. The van der Waals surface area contributed by atoms with E-state index in [0.717, 1.165) is 10.6 Å². The molecule has 7 heteroatoms. The van der Waals surface area contributed by atoms with E-state index in [1.807, 2.05) is 30.0 Å². The van der Waals surface area contributed by atoms with Crippen LogP contribution in [-0.4, -0.2) is 40.2 Å². The molecule has 4 nitrogen and oxygen atoms in total. The first-order valence-electron chi connectivity index (χ1n) is 6.08. The molecule has 2 aromatic rings. The van der Waals surface area contributed by atoms with Crippen LogP contribution in [0.15, 0.2) is 23.0 Å². The van der Waals surface area contributed by atoms with Crippen molar-refractivity contribution in [1.29, 1.82) is 0 Å². The Kier molecular flexibility index (Phi) is 5.59. The van der Waals surface area contributed by atoms with Crippen LogP contribution >= 0.6 is 34.4 Å². The summed E-state index contributed by atoms with van der Waals surface area (Å²) >= 11 is 4.53. The molecule has 1 amide bonds. The van der Waals surface area contributed by atoms with Gasteiger partial charge in [-0.2, -0.15) is 23.1 Å². The predicted molar refractivity (Wildman–Crippen MR) is 86.7 cm³/mol. The second-order valence-corrected chi connectivity index (χ2v) is 7.15. The maximum absolute atomic E-state index is 12.1. The average molecular weight is 328 g/mol. The van der Waals surface area contributed by atoms with E-state index in [1.165, 1.54) is 11.3 Å². The summed E-state index contributed by atoms with van der Waals surface area (Å²) in [5.74, 6) is -0.135. The minimum atomic E-state index is -0.135. The molecule has 0 radical (unpaired) electrons. The van der Waals surface area contributed by atoms with Gasteiger partial charge >= 0.3 is 0 Å². The first-order valence-corrected chi connectivity index (χ1v) is 9.13. The number of aliphatic hydroxyl groups excluding tert-OH is 1. The summed E-state index contributed by atoms with van der Waals surface area (Å²) < 4.78 is 0. The Hall–Kier alpha value is -0.890. The molecule has 0 fully saturated rings. The van der Waals surface area contributed by atoms with Crippen molar-refractivity contribution in [1.82, 2.24) is 10.3 Å². The van der Waals surface area contributed by atoms with Crippen molar-refractivity contribution in [2.45, 2.75) is 18.2 Å². The van der Waals surface area contributed by atoms with Crippen LogP contribution in [0.1, 0.15) is 16.6 Å². The van der Waals surface area contributed by atoms with Gasteiger partial charge in [0, 0.05) is 22.2 Å². The van der Waals surface area contributed by atoms with Crippen molar-refractivity contribution < 1.29 is 9.90 Å². The minimum Gasteiger partial charge on any atom is -0.395 e. The van der Waals surface area contributed by atoms with Gasteiger partial charge in [-0.15, -0.1) is 11.3 Å². The molecule has 0 saturated carbocycles. The number of thiophene rings is 1. The largest absolute Gasteiger partial charge is 0.395 e. The number of nitrogens with one attached hydrogen (secondary N) is 1. The van der Waals surface area contributed by atoms with E-state index in [1.54, 1.807) is 29.3 Å². The number of carbonyl (C=O) groups excluding carboxylic acids is 1. The van der Waals surface area contributed by atoms with E-state index in [2.05, 4.69) is 10.3 Å².